The molecule has 1 spiro atoms. The molecule has 0 unspecified atom stereocenters. The van der Waals surface area contributed by atoms with E-state index in [0.29, 0.717) is 0 Å². The lowest BCUT2D eigenvalue weighted by atomic mass is 9.71. The maximum absolute atomic E-state index is 12.8. The van der Waals surface area contributed by atoms with Gasteiger partial charge in [-0.15, -0.1) is 0 Å². The summed E-state index contributed by atoms with van der Waals surface area (Å²) in [5.41, 5.74) is 6.82. The van der Waals surface area contributed by atoms with Crippen LogP contribution in [0, 0.1) is 12.3 Å². The maximum Gasteiger partial charge on any atom is 0.234 e. The first kappa shape index (κ1) is 12.6. The number of carbonyl (C=O) groups is 1. The molecule has 3 rings (SSSR count). The minimum atomic E-state index is -0.205. The number of aromatic nitrogens is 1. The van der Waals surface area contributed by atoms with Gasteiger partial charge in [-0.2, -0.15) is 0 Å². The van der Waals surface area contributed by atoms with Crippen LogP contribution in [0.1, 0.15) is 37.8 Å². The van der Waals surface area contributed by atoms with Gasteiger partial charge in [0.2, 0.25) is 5.91 Å². The first-order chi connectivity index (χ1) is 9.11. The van der Waals surface area contributed by atoms with Crippen molar-refractivity contribution >= 4 is 11.7 Å². The number of hydrogen-bond acceptors (Lipinski definition) is 3. The summed E-state index contributed by atoms with van der Waals surface area (Å²) >= 11 is 0. The Hall–Kier alpha value is -1.42. The summed E-state index contributed by atoms with van der Waals surface area (Å²) in [6, 6.07) is 6.02. The number of hydrogen-bond donors (Lipinski definition) is 1. The molecule has 0 radical (unpaired) electrons. The lowest BCUT2D eigenvalue weighted by Crippen LogP contribution is -2.42. The maximum atomic E-state index is 12.8. The van der Waals surface area contributed by atoms with Crippen LogP contribution in [-0.4, -0.2) is 23.5 Å². The van der Waals surface area contributed by atoms with Crippen molar-refractivity contribution in [1.82, 2.24) is 4.98 Å². The van der Waals surface area contributed by atoms with Crippen molar-refractivity contribution in [2.75, 3.05) is 11.4 Å². The number of nitrogens with zero attached hydrogens (tertiary/aromatic N) is 2. The van der Waals surface area contributed by atoms with E-state index in [0.717, 1.165) is 50.2 Å². The normalized spacial score (nSPS) is 31.2. The molecule has 4 nitrogen and oxygen atoms in total. The molecule has 1 aromatic heterocycles. The highest BCUT2D eigenvalue weighted by Crippen LogP contribution is 2.45. The van der Waals surface area contributed by atoms with Crippen molar-refractivity contribution in [3.8, 4) is 0 Å². The third-order valence-corrected chi connectivity index (χ3v) is 4.55. The zero-order chi connectivity index (χ0) is 13.5. The quantitative estimate of drug-likeness (QED) is 0.839. The largest absolute Gasteiger partial charge is 0.328 e. The molecule has 0 aromatic carbocycles. The average molecular weight is 259 g/mol. The Morgan fingerprint density at radius 2 is 2.26 bits per heavy atom. The topological polar surface area (TPSA) is 59.2 Å². The van der Waals surface area contributed by atoms with E-state index < -0.39 is 0 Å². The average Bonchev–Trinajstić information content (AvgIpc) is 2.67. The molecule has 19 heavy (non-hydrogen) atoms. The Bertz CT molecular complexity index is 502. The summed E-state index contributed by atoms with van der Waals surface area (Å²) in [6.07, 6.45) is 4.88. The number of aryl methyl sites for hydroxylation is 1. The fraction of sp³-hybridized carbons (Fsp3) is 0.600. The molecule has 2 heterocycles. The van der Waals surface area contributed by atoms with E-state index in [1.807, 2.05) is 30.0 Å². The molecule has 2 fully saturated rings. The van der Waals surface area contributed by atoms with E-state index in [1.165, 1.54) is 0 Å². The minimum Gasteiger partial charge on any atom is -0.328 e. The van der Waals surface area contributed by atoms with Crippen LogP contribution >= 0.6 is 0 Å². The van der Waals surface area contributed by atoms with Gasteiger partial charge in [-0.05, 0) is 44.7 Å². The Balaban J connectivity index is 1.86. The number of pyridine rings is 1. The highest BCUT2D eigenvalue weighted by atomic mass is 16.2. The Labute approximate surface area is 114 Å². The molecule has 4 heteroatoms. The van der Waals surface area contributed by atoms with Crippen LogP contribution in [0.2, 0.25) is 0 Å². The number of anilines is 1. The molecule has 102 valence electrons. The second-order valence-corrected chi connectivity index (χ2v) is 5.98. The Morgan fingerprint density at radius 3 is 3.00 bits per heavy atom. The Kier molecular flexibility index (Phi) is 3.05. The first-order valence-corrected chi connectivity index (χ1v) is 7.12. The second-order valence-electron chi connectivity index (χ2n) is 5.98. The molecule has 2 aliphatic rings. The molecule has 1 saturated carbocycles. The van der Waals surface area contributed by atoms with Gasteiger partial charge in [-0.3, -0.25) is 9.69 Å². The fourth-order valence-electron chi connectivity index (χ4n) is 3.55. The summed E-state index contributed by atoms with van der Waals surface area (Å²) < 4.78 is 0. The number of carbonyl (C=O) groups excluding carboxylic acids is 1. The smallest absolute Gasteiger partial charge is 0.234 e. The van der Waals surface area contributed by atoms with E-state index in [-0.39, 0.29) is 17.4 Å². The zero-order valence-corrected chi connectivity index (χ0v) is 11.4. The summed E-state index contributed by atoms with van der Waals surface area (Å²) in [6.45, 7) is 2.73. The summed E-state index contributed by atoms with van der Waals surface area (Å²) in [4.78, 5) is 19.1. The minimum absolute atomic E-state index is 0.183. The van der Waals surface area contributed by atoms with Crippen LogP contribution in [0.5, 0.6) is 0 Å². The molecule has 0 bridgehead atoms. The summed E-state index contributed by atoms with van der Waals surface area (Å²) in [7, 11) is 0. The molecule has 1 aliphatic heterocycles. The number of rotatable bonds is 1. The zero-order valence-electron chi connectivity index (χ0n) is 11.4. The van der Waals surface area contributed by atoms with E-state index in [2.05, 4.69) is 4.98 Å². The summed E-state index contributed by atoms with van der Waals surface area (Å²) in [5, 5.41) is 0. The molecular weight excluding hydrogens is 238 g/mol. The highest BCUT2D eigenvalue weighted by molar-refractivity contribution is 5.99. The third-order valence-electron chi connectivity index (χ3n) is 4.55. The van der Waals surface area contributed by atoms with Crippen LogP contribution in [0.4, 0.5) is 5.82 Å². The van der Waals surface area contributed by atoms with Crippen molar-refractivity contribution < 1.29 is 4.79 Å². The summed E-state index contributed by atoms with van der Waals surface area (Å²) in [5.74, 6) is 1.03. The molecule has 1 aromatic rings. The predicted molar refractivity (Wildman–Crippen MR) is 74.8 cm³/mol. The van der Waals surface area contributed by atoms with E-state index in [1.54, 1.807) is 0 Å². The van der Waals surface area contributed by atoms with E-state index in [9.17, 15) is 4.79 Å². The van der Waals surface area contributed by atoms with Crippen LogP contribution < -0.4 is 10.6 Å². The number of amides is 1. The van der Waals surface area contributed by atoms with Crippen LogP contribution in [-0.2, 0) is 4.79 Å². The third kappa shape index (κ3) is 2.14. The standard InChI is InChI=1S/C15H21N3O/c1-11-4-2-6-13(17-11)18-9-8-15(14(18)19)7-3-5-12(16)10-15/h2,4,6,12H,3,5,7-10,16H2,1H3/t12-,15-/m0/s1. The number of nitrogens with two attached hydrogens (primary N) is 1. The van der Waals surface area contributed by atoms with Gasteiger partial charge in [0.05, 0.1) is 5.41 Å². The lowest BCUT2D eigenvalue weighted by molar-refractivity contribution is -0.127. The van der Waals surface area contributed by atoms with Crippen LogP contribution in [0.25, 0.3) is 0 Å². The van der Waals surface area contributed by atoms with Gasteiger partial charge in [-0.25, -0.2) is 4.98 Å². The lowest BCUT2D eigenvalue weighted by Gasteiger charge is -2.34. The molecule has 2 N–H and O–H groups in total. The SMILES string of the molecule is Cc1cccc(N2CC[C@]3(CCC[C@H](N)C3)C2=O)n1. The van der Waals surface area contributed by atoms with Crippen molar-refractivity contribution in [3.63, 3.8) is 0 Å². The molecule has 1 aliphatic carbocycles. The molecule has 2 atom stereocenters. The second kappa shape index (κ2) is 4.60. The monoisotopic (exact) mass is 259 g/mol. The van der Waals surface area contributed by atoms with Gasteiger partial charge >= 0.3 is 0 Å². The molecule has 1 amide bonds. The Morgan fingerprint density at radius 1 is 1.42 bits per heavy atom. The van der Waals surface area contributed by atoms with Crippen molar-refractivity contribution in [2.45, 2.75) is 45.1 Å². The molecular formula is C15H21N3O. The van der Waals surface area contributed by atoms with Gasteiger partial charge < -0.3 is 5.73 Å². The van der Waals surface area contributed by atoms with Crippen molar-refractivity contribution in [2.24, 2.45) is 11.1 Å². The van der Waals surface area contributed by atoms with Gasteiger partial charge in [0.1, 0.15) is 5.82 Å². The van der Waals surface area contributed by atoms with Gasteiger partial charge in [0.25, 0.3) is 0 Å². The highest BCUT2D eigenvalue weighted by Gasteiger charge is 2.49. The van der Waals surface area contributed by atoms with E-state index in [4.69, 9.17) is 5.73 Å². The van der Waals surface area contributed by atoms with Crippen LogP contribution in [0.3, 0.4) is 0 Å². The van der Waals surface area contributed by atoms with Gasteiger partial charge in [0, 0.05) is 18.3 Å². The van der Waals surface area contributed by atoms with Crippen molar-refractivity contribution in [1.29, 1.82) is 0 Å². The van der Waals surface area contributed by atoms with E-state index >= 15 is 0 Å². The van der Waals surface area contributed by atoms with Gasteiger partial charge in [0.15, 0.2) is 0 Å². The van der Waals surface area contributed by atoms with Gasteiger partial charge in [-0.1, -0.05) is 12.5 Å². The predicted octanol–water partition coefficient (Wildman–Crippen LogP) is 2.01. The molecule has 1 saturated heterocycles. The first-order valence-electron chi connectivity index (χ1n) is 7.12. The fourth-order valence-corrected chi connectivity index (χ4v) is 3.55. The van der Waals surface area contributed by atoms with Crippen molar-refractivity contribution in [3.05, 3.63) is 23.9 Å². The van der Waals surface area contributed by atoms with Crippen LogP contribution in [0.15, 0.2) is 18.2 Å².